The lowest BCUT2D eigenvalue weighted by Crippen LogP contribution is -2.24. The molecule has 0 aliphatic carbocycles. The standard InChI is InChI=1S/C19H14F2N4O3/c20-12-6-7-14(15(21)9-12)17(27)22-19-24-23-18(28-19)11-8-16(26)25(10-11)13-4-2-1-3-5-13/h1-7,9,11H,8,10H2,(H,22,24,27). The zero-order valence-corrected chi connectivity index (χ0v) is 14.4. The lowest BCUT2D eigenvalue weighted by Gasteiger charge is -2.15. The van der Waals surface area contributed by atoms with E-state index in [1.165, 1.54) is 0 Å². The fourth-order valence-electron chi connectivity index (χ4n) is 3.02. The molecule has 2 heterocycles. The molecule has 0 bridgehead atoms. The zero-order chi connectivity index (χ0) is 19.7. The first-order valence-corrected chi connectivity index (χ1v) is 8.46. The van der Waals surface area contributed by atoms with E-state index in [-0.39, 0.29) is 35.7 Å². The minimum atomic E-state index is -1.00. The highest BCUT2D eigenvalue weighted by Gasteiger charge is 2.35. The quantitative estimate of drug-likeness (QED) is 0.747. The van der Waals surface area contributed by atoms with E-state index in [0.29, 0.717) is 12.6 Å². The fourth-order valence-corrected chi connectivity index (χ4v) is 3.02. The summed E-state index contributed by atoms with van der Waals surface area (Å²) in [5.41, 5.74) is 0.419. The molecule has 0 radical (unpaired) electrons. The van der Waals surface area contributed by atoms with E-state index in [1.807, 2.05) is 30.3 Å². The second-order valence-electron chi connectivity index (χ2n) is 6.26. The molecule has 2 amide bonds. The Balaban J connectivity index is 1.46. The zero-order valence-electron chi connectivity index (χ0n) is 14.4. The maximum Gasteiger partial charge on any atom is 0.322 e. The van der Waals surface area contributed by atoms with Crippen LogP contribution in [-0.2, 0) is 4.79 Å². The molecular weight excluding hydrogens is 370 g/mol. The van der Waals surface area contributed by atoms with E-state index < -0.39 is 17.5 Å². The number of carbonyl (C=O) groups excluding carboxylic acids is 2. The van der Waals surface area contributed by atoms with Crippen LogP contribution in [0.4, 0.5) is 20.5 Å². The molecule has 1 aliphatic rings. The SMILES string of the molecule is O=C(Nc1nnc(C2CC(=O)N(c3ccccc3)C2)o1)c1ccc(F)cc1F. The first-order chi connectivity index (χ1) is 13.5. The maximum absolute atomic E-state index is 13.7. The number of nitrogens with one attached hydrogen (secondary N) is 1. The summed E-state index contributed by atoms with van der Waals surface area (Å²) in [7, 11) is 0. The van der Waals surface area contributed by atoms with Crippen molar-refractivity contribution in [2.45, 2.75) is 12.3 Å². The number of benzene rings is 2. The molecule has 1 aromatic heterocycles. The summed E-state index contributed by atoms with van der Waals surface area (Å²) in [6.07, 6.45) is 0.192. The Morgan fingerprint density at radius 2 is 1.93 bits per heavy atom. The van der Waals surface area contributed by atoms with Crippen molar-refractivity contribution in [1.82, 2.24) is 10.2 Å². The number of halogens is 2. The molecule has 3 aromatic rings. The Morgan fingerprint density at radius 1 is 1.14 bits per heavy atom. The van der Waals surface area contributed by atoms with Crippen molar-refractivity contribution in [3.05, 3.63) is 71.6 Å². The van der Waals surface area contributed by atoms with Crippen LogP contribution in [0.15, 0.2) is 52.9 Å². The molecule has 28 heavy (non-hydrogen) atoms. The van der Waals surface area contributed by atoms with Gasteiger partial charge in [-0.3, -0.25) is 14.9 Å². The highest BCUT2D eigenvalue weighted by Crippen LogP contribution is 2.31. The van der Waals surface area contributed by atoms with Gasteiger partial charge in [-0.2, -0.15) is 0 Å². The maximum atomic E-state index is 13.7. The third-order valence-electron chi connectivity index (χ3n) is 4.38. The summed E-state index contributed by atoms with van der Waals surface area (Å²) in [6, 6.07) is 11.6. The number of para-hydroxylation sites is 1. The van der Waals surface area contributed by atoms with Crippen molar-refractivity contribution >= 4 is 23.5 Å². The summed E-state index contributed by atoms with van der Waals surface area (Å²) in [6.45, 7) is 0.366. The van der Waals surface area contributed by atoms with Crippen LogP contribution in [0.1, 0.15) is 28.6 Å². The van der Waals surface area contributed by atoms with Crippen LogP contribution in [0.2, 0.25) is 0 Å². The molecular formula is C19H14F2N4O3. The van der Waals surface area contributed by atoms with E-state index in [2.05, 4.69) is 15.5 Å². The minimum absolute atomic E-state index is 0.0756. The predicted octanol–water partition coefficient (Wildman–Crippen LogP) is 3.12. The number of amides is 2. The average Bonchev–Trinajstić information content (AvgIpc) is 3.29. The van der Waals surface area contributed by atoms with Crippen LogP contribution in [0.3, 0.4) is 0 Å². The molecule has 1 fully saturated rings. The molecule has 4 rings (SSSR count). The number of hydrogen-bond donors (Lipinski definition) is 1. The fraction of sp³-hybridized carbons (Fsp3) is 0.158. The van der Waals surface area contributed by atoms with Crippen LogP contribution >= 0.6 is 0 Å². The number of hydrogen-bond acceptors (Lipinski definition) is 5. The molecule has 1 unspecified atom stereocenters. The molecule has 2 aromatic carbocycles. The van der Waals surface area contributed by atoms with Gasteiger partial charge in [-0.05, 0) is 24.3 Å². The van der Waals surface area contributed by atoms with E-state index >= 15 is 0 Å². The lowest BCUT2D eigenvalue weighted by molar-refractivity contribution is -0.117. The van der Waals surface area contributed by atoms with Crippen LogP contribution in [0, 0.1) is 11.6 Å². The average molecular weight is 384 g/mol. The molecule has 1 saturated heterocycles. The summed E-state index contributed by atoms with van der Waals surface area (Å²) >= 11 is 0. The smallest absolute Gasteiger partial charge is 0.322 e. The number of nitrogens with zero attached hydrogens (tertiary/aromatic N) is 3. The number of rotatable bonds is 4. The Labute approximate surface area is 158 Å². The van der Waals surface area contributed by atoms with Crippen LogP contribution in [0.25, 0.3) is 0 Å². The van der Waals surface area contributed by atoms with Crippen LogP contribution in [-0.4, -0.2) is 28.6 Å². The highest BCUT2D eigenvalue weighted by molar-refractivity contribution is 6.03. The Morgan fingerprint density at radius 3 is 2.68 bits per heavy atom. The van der Waals surface area contributed by atoms with E-state index in [0.717, 1.165) is 17.8 Å². The van der Waals surface area contributed by atoms with Gasteiger partial charge in [0.2, 0.25) is 11.8 Å². The Bertz CT molecular complexity index is 1040. The van der Waals surface area contributed by atoms with Gasteiger partial charge in [0.05, 0.1) is 11.5 Å². The number of carbonyl (C=O) groups is 2. The van der Waals surface area contributed by atoms with Gasteiger partial charge in [0.15, 0.2) is 0 Å². The Kier molecular flexibility index (Phi) is 4.56. The van der Waals surface area contributed by atoms with E-state index in [4.69, 9.17) is 4.42 Å². The second-order valence-corrected chi connectivity index (χ2v) is 6.26. The van der Waals surface area contributed by atoms with Crippen molar-refractivity contribution in [2.24, 2.45) is 0 Å². The lowest BCUT2D eigenvalue weighted by atomic mass is 10.1. The van der Waals surface area contributed by atoms with Gasteiger partial charge in [-0.25, -0.2) is 8.78 Å². The molecule has 0 saturated carbocycles. The third kappa shape index (κ3) is 3.46. The molecule has 7 nitrogen and oxygen atoms in total. The third-order valence-corrected chi connectivity index (χ3v) is 4.38. The van der Waals surface area contributed by atoms with Gasteiger partial charge in [-0.15, -0.1) is 5.10 Å². The van der Waals surface area contributed by atoms with Gasteiger partial charge < -0.3 is 9.32 Å². The molecule has 1 N–H and O–H groups in total. The number of aromatic nitrogens is 2. The summed E-state index contributed by atoms with van der Waals surface area (Å²) < 4.78 is 32.1. The van der Waals surface area contributed by atoms with Gasteiger partial charge >= 0.3 is 6.01 Å². The van der Waals surface area contributed by atoms with Crippen LogP contribution in [0.5, 0.6) is 0 Å². The van der Waals surface area contributed by atoms with Crippen molar-refractivity contribution in [3.63, 3.8) is 0 Å². The normalized spacial score (nSPS) is 16.4. The summed E-state index contributed by atoms with van der Waals surface area (Å²) in [5.74, 6) is -2.84. The monoisotopic (exact) mass is 384 g/mol. The van der Waals surface area contributed by atoms with E-state index in [1.54, 1.807) is 4.90 Å². The van der Waals surface area contributed by atoms with Gasteiger partial charge in [0.25, 0.3) is 5.91 Å². The Hall–Kier alpha value is -3.62. The summed E-state index contributed by atoms with van der Waals surface area (Å²) in [5, 5.41) is 9.88. The van der Waals surface area contributed by atoms with Crippen molar-refractivity contribution in [3.8, 4) is 0 Å². The van der Waals surface area contributed by atoms with Crippen molar-refractivity contribution in [1.29, 1.82) is 0 Å². The minimum Gasteiger partial charge on any atom is -0.407 e. The van der Waals surface area contributed by atoms with E-state index in [9.17, 15) is 18.4 Å². The van der Waals surface area contributed by atoms with Gasteiger partial charge in [0.1, 0.15) is 11.6 Å². The summed E-state index contributed by atoms with van der Waals surface area (Å²) in [4.78, 5) is 26.0. The largest absolute Gasteiger partial charge is 0.407 e. The molecule has 1 aliphatic heterocycles. The van der Waals surface area contributed by atoms with Gasteiger partial charge in [0, 0.05) is 24.7 Å². The van der Waals surface area contributed by atoms with Crippen LogP contribution < -0.4 is 10.2 Å². The molecule has 1 atom stereocenters. The second kappa shape index (κ2) is 7.18. The van der Waals surface area contributed by atoms with Gasteiger partial charge in [-0.1, -0.05) is 23.3 Å². The van der Waals surface area contributed by atoms with Crippen molar-refractivity contribution < 1.29 is 22.8 Å². The first kappa shape index (κ1) is 17.8. The highest BCUT2D eigenvalue weighted by atomic mass is 19.1. The topological polar surface area (TPSA) is 88.3 Å². The molecule has 9 heteroatoms. The predicted molar refractivity (Wildman–Crippen MR) is 94.8 cm³/mol. The number of anilines is 2. The first-order valence-electron chi connectivity index (χ1n) is 8.46. The van der Waals surface area contributed by atoms with Crippen molar-refractivity contribution in [2.75, 3.05) is 16.8 Å². The molecule has 142 valence electrons. The molecule has 0 spiro atoms.